The molecule has 3 saturated heterocycles. The van der Waals surface area contributed by atoms with Crippen molar-refractivity contribution in [1.29, 1.82) is 0 Å². The van der Waals surface area contributed by atoms with Crippen LogP contribution in [0.2, 0.25) is 0 Å². The highest BCUT2D eigenvalue weighted by Crippen LogP contribution is 2.29. The summed E-state index contributed by atoms with van der Waals surface area (Å²) in [4.78, 5) is 5.31. The summed E-state index contributed by atoms with van der Waals surface area (Å²) in [5.41, 5.74) is 2.67. The molecular weight excluding hydrogens is 298 g/mol. The van der Waals surface area contributed by atoms with E-state index in [-0.39, 0.29) is 0 Å². The zero-order valence-electron chi connectivity index (χ0n) is 14.8. The van der Waals surface area contributed by atoms with Crippen LogP contribution in [-0.4, -0.2) is 56.4 Å². The second kappa shape index (κ2) is 7.75. The number of rotatable bonds is 5. The van der Waals surface area contributed by atoms with Crippen LogP contribution in [0.3, 0.4) is 0 Å². The van der Waals surface area contributed by atoms with Gasteiger partial charge in [0, 0.05) is 49.8 Å². The van der Waals surface area contributed by atoms with Gasteiger partial charge in [0.1, 0.15) is 0 Å². The lowest BCUT2D eigenvalue weighted by molar-refractivity contribution is 0.0904. The van der Waals surface area contributed by atoms with Crippen LogP contribution >= 0.6 is 0 Å². The highest BCUT2D eigenvalue weighted by atomic mass is 16.5. The standard InChI is InChI=1S/C20H31N3O/c1-2-11-22(10-1)16-20-7-4-12-23(20)19-6-3-5-18(15-19)21-17-8-13-24-14-9-17/h3,5-6,15,17,20-21H,1-2,4,7-14,16H2/t20-/m0/s1. The molecule has 0 saturated carbocycles. The minimum absolute atomic E-state index is 0.563. The monoisotopic (exact) mass is 329 g/mol. The van der Waals surface area contributed by atoms with Gasteiger partial charge in [-0.2, -0.15) is 0 Å². The first kappa shape index (κ1) is 16.2. The fraction of sp³-hybridized carbons (Fsp3) is 0.700. The molecule has 4 rings (SSSR count). The van der Waals surface area contributed by atoms with Gasteiger partial charge in [-0.3, -0.25) is 0 Å². The molecule has 4 heteroatoms. The maximum atomic E-state index is 5.47. The summed E-state index contributed by atoms with van der Waals surface area (Å²) in [6.07, 6.45) is 7.68. The molecular formula is C20H31N3O. The van der Waals surface area contributed by atoms with Crippen molar-refractivity contribution in [2.75, 3.05) is 49.6 Å². The molecule has 1 aromatic rings. The third-order valence-corrected chi connectivity index (χ3v) is 5.81. The van der Waals surface area contributed by atoms with Gasteiger partial charge < -0.3 is 19.9 Å². The summed E-state index contributed by atoms with van der Waals surface area (Å²) < 4.78 is 5.47. The predicted molar refractivity (Wildman–Crippen MR) is 99.9 cm³/mol. The zero-order valence-corrected chi connectivity index (χ0v) is 14.8. The van der Waals surface area contributed by atoms with Gasteiger partial charge in [0.05, 0.1) is 0 Å². The van der Waals surface area contributed by atoms with Gasteiger partial charge in [-0.1, -0.05) is 6.07 Å². The van der Waals surface area contributed by atoms with Crippen LogP contribution < -0.4 is 10.2 Å². The number of nitrogens with one attached hydrogen (secondary N) is 1. The van der Waals surface area contributed by atoms with Crippen LogP contribution in [0.4, 0.5) is 11.4 Å². The molecule has 3 heterocycles. The fourth-order valence-corrected chi connectivity index (χ4v) is 4.48. The number of hydrogen-bond donors (Lipinski definition) is 1. The third kappa shape index (κ3) is 3.86. The van der Waals surface area contributed by atoms with Crippen molar-refractivity contribution >= 4 is 11.4 Å². The van der Waals surface area contributed by atoms with Crippen molar-refractivity contribution in [3.05, 3.63) is 24.3 Å². The highest BCUT2D eigenvalue weighted by Gasteiger charge is 2.27. The largest absolute Gasteiger partial charge is 0.382 e. The molecule has 1 N–H and O–H groups in total. The summed E-state index contributed by atoms with van der Waals surface area (Å²) in [5.74, 6) is 0. The second-order valence-electron chi connectivity index (χ2n) is 7.58. The van der Waals surface area contributed by atoms with Gasteiger partial charge >= 0.3 is 0 Å². The molecule has 0 aliphatic carbocycles. The predicted octanol–water partition coefficient (Wildman–Crippen LogP) is 3.34. The molecule has 24 heavy (non-hydrogen) atoms. The Labute approximate surface area is 146 Å². The number of hydrogen-bond acceptors (Lipinski definition) is 4. The van der Waals surface area contributed by atoms with E-state index in [0.29, 0.717) is 12.1 Å². The van der Waals surface area contributed by atoms with Gasteiger partial charge in [0.15, 0.2) is 0 Å². The van der Waals surface area contributed by atoms with E-state index >= 15 is 0 Å². The van der Waals surface area contributed by atoms with Gasteiger partial charge in [-0.05, 0) is 69.8 Å². The summed E-state index contributed by atoms with van der Waals surface area (Å²) >= 11 is 0. The smallest absolute Gasteiger partial charge is 0.0485 e. The molecule has 0 amide bonds. The second-order valence-corrected chi connectivity index (χ2v) is 7.58. The van der Waals surface area contributed by atoms with E-state index < -0.39 is 0 Å². The number of nitrogens with zero attached hydrogens (tertiary/aromatic N) is 2. The average molecular weight is 329 g/mol. The Balaban J connectivity index is 1.41. The van der Waals surface area contributed by atoms with E-state index in [1.165, 1.54) is 63.2 Å². The van der Waals surface area contributed by atoms with Gasteiger partial charge in [-0.25, -0.2) is 0 Å². The molecule has 1 atom stereocenters. The maximum absolute atomic E-state index is 5.47. The number of likely N-dealkylation sites (tertiary alicyclic amines) is 1. The molecule has 132 valence electrons. The van der Waals surface area contributed by atoms with Crippen molar-refractivity contribution in [3.8, 4) is 0 Å². The van der Waals surface area contributed by atoms with E-state index in [4.69, 9.17) is 4.74 Å². The lowest BCUT2D eigenvalue weighted by Crippen LogP contribution is -2.39. The van der Waals surface area contributed by atoms with E-state index in [1.54, 1.807) is 0 Å². The summed E-state index contributed by atoms with van der Waals surface area (Å²) in [5, 5.41) is 3.72. The van der Waals surface area contributed by atoms with Gasteiger partial charge in [0.2, 0.25) is 0 Å². The van der Waals surface area contributed by atoms with E-state index in [0.717, 1.165) is 26.1 Å². The van der Waals surface area contributed by atoms with Crippen LogP contribution in [0.25, 0.3) is 0 Å². The molecule has 3 aliphatic rings. The minimum atomic E-state index is 0.563. The Morgan fingerprint density at radius 2 is 1.83 bits per heavy atom. The van der Waals surface area contributed by atoms with Crippen LogP contribution in [0.1, 0.15) is 38.5 Å². The van der Waals surface area contributed by atoms with Crippen molar-refractivity contribution in [2.24, 2.45) is 0 Å². The lowest BCUT2D eigenvalue weighted by atomic mass is 10.1. The first-order chi connectivity index (χ1) is 11.9. The Hall–Kier alpha value is -1.26. The maximum Gasteiger partial charge on any atom is 0.0485 e. The summed E-state index contributed by atoms with van der Waals surface area (Å²) in [6, 6.07) is 10.3. The number of anilines is 2. The molecule has 0 unspecified atom stereocenters. The van der Waals surface area contributed by atoms with E-state index in [9.17, 15) is 0 Å². The topological polar surface area (TPSA) is 27.7 Å². The molecule has 3 aliphatic heterocycles. The molecule has 0 aromatic heterocycles. The summed E-state index contributed by atoms with van der Waals surface area (Å²) in [7, 11) is 0. The van der Waals surface area contributed by atoms with Crippen LogP contribution in [0, 0.1) is 0 Å². The first-order valence-electron chi connectivity index (χ1n) is 9.82. The Bertz CT molecular complexity index is 523. The Morgan fingerprint density at radius 1 is 1.00 bits per heavy atom. The van der Waals surface area contributed by atoms with Crippen molar-refractivity contribution in [1.82, 2.24) is 4.90 Å². The molecule has 0 bridgehead atoms. The van der Waals surface area contributed by atoms with Crippen LogP contribution in [0.15, 0.2) is 24.3 Å². The lowest BCUT2D eigenvalue weighted by Gasteiger charge is -2.31. The zero-order chi connectivity index (χ0) is 16.2. The first-order valence-corrected chi connectivity index (χ1v) is 9.82. The third-order valence-electron chi connectivity index (χ3n) is 5.81. The van der Waals surface area contributed by atoms with E-state index in [2.05, 4.69) is 39.4 Å². The van der Waals surface area contributed by atoms with E-state index in [1.807, 2.05) is 0 Å². The average Bonchev–Trinajstić information content (AvgIpc) is 3.28. The minimum Gasteiger partial charge on any atom is -0.382 e. The Kier molecular flexibility index (Phi) is 5.24. The Morgan fingerprint density at radius 3 is 2.67 bits per heavy atom. The quantitative estimate of drug-likeness (QED) is 0.897. The van der Waals surface area contributed by atoms with Crippen molar-refractivity contribution in [2.45, 2.75) is 50.6 Å². The van der Waals surface area contributed by atoms with Gasteiger partial charge in [-0.15, -0.1) is 0 Å². The van der Waals surface area contributed by atoms with Crippen LogP contribution in [0.5, 0.6) is 0 Å². The van der Waals surface area contributed by atoms with Crippen molar-refractivity contribution in [3.63, 3.8) is 0 Å². The molecule has 0 radical (unpaired) electrons. The fourth-order valence-electron chi connectivity index (χ4n) is 4.48. The van der Waals surface area contributed by atoms with Crippen molar-refractivity contribution < 1.29 is 4.74 Å². The molecule has 0 spiro atoms. The van der Waals surface area contributed by atoms with Crippen LogP contribution in [-0.2, 0) is 4.74 Å². The molecule has 4 nitrogen and oxygen atoms in total. The SMILES string of the molecule is c1cc(NC2CCOCC2)cc(N2CCC[C@H]2CN2CCCC2)c1. The normalized spacial score (nSPS) is 26.2. The molecule has 1 aromatic carbocycles. The number of ether oxygens (including phenoxy) is 1. The number of benzene rings is 1. The van der Waals surface area contributed by atoms with Gasteiger partial charge in [0.25, 0.3) is 0 Å². The molecule has 3 fully saturated rings. The highest BCUT2D eigenvalue weighted by molar-refractivity contribution is 5.59. The summed E-state index contributed by atoms with van der Waals surface area (Å²) in [6.45, 7) is 6.84.